The maximum absolute atomic E-state index is 12.9. The first-order valence-corrected chi connectivity index (χ1v) is 10.9. The minimum Gasteiger partial charge on any atom is -0.361 e. The first kappa shape index (κ1) is 18.0. The lowest BCUT2D eigenvalue weighted by Gasteiger charge is -2.31. The van der Waals surface area contributed by atoms with Gasteiger partial charge in [0.2, 0.25) is 10.0 Å². The van der Waals surface area contributed by atoms with Crippen LogP contribution in [0.4, 0.5) is 0 Å². The van der Waals surface area contributed by atoms with Crippen LogP contribution in [0, 0.1) is 0 Å². The van der Waals surface area contributed by atoms with Crippen molar-refractivity contribution in [2.24, 2.45) is 0 Å². The van der Waals surface area contributed by atoms with Gasteiger partial charge in [0, 0.05) is 40.9 Å². The van der Waals surface area contributed by atoms with E-state index in [-0.39, 0.29) is 10.0 Å². The van der Waals surface area contributed by atoms with Crippen molar-refractivity contribution in [2.45, 2.75) is 23.7 Å². The predicted octanol–water partition coefficient (Wildman–Crippen LogP) is 4.55. The molecular weight excluding hydrogens is 438 g/mol. The van der Waals surface area contributed by atoms with Crippen molar-refractivity contribution in [3.05, 3.63) is 57.9 Å². The Labute approximate surface area is 165 Å². The molecule has 136 valence electrons. The van der Waals surface area contributed by atoms with E-state index in [2.05, 4.69) is 44.2 Å². The fourth-order valence-corrected chi connectivity index (χ4v) is 5.95. The Balaban J connectivity index is 1.55. The zero-order valence-corrected chi connectivity index (χ0v) is 17.0. The number of pyridine rings is 1. The zero-order valence-electron chi connectivity index (χ0n) is 13.8. The van der Waals surface area contributed by atoms with Gasteiger partial charge in [-0.25, -0.2) is 13.4 Å². The molecule has 1 fully saturated rings. The van der Waals surface area contributed by atoms with Crippen LogP contribution in [0.2, 0.25) is 5.15 Å². The van der Waals surface area contributed by atoms with Gasteiger partial charge in [-0.05, 0) is 52.4 Å². The number of H-pyrrole nitrogens is 1. The highest BCUT2D eigenvalue weighted by Gasteiger charge is 2.32. The number of fused-ring (bicyclic) bond motifs is 1. The number of rotatable bonds is 3. The Morgan fingerprint density at radius 2 is 1.96 bits per heavy atom. The minimum atomic E-state index is -3.65. The molecule has 0 amide bonds. The van der Waals surface area contributed by atoms with Gasteiger partial charge in [0.05, 0.1) is 0 Å². The number of halogens is 2. The molecule has 2 aromatic heterocycles. The number of nitrogens with one attached hydrogen (secondary N) is 1. The molecule has 0 spiro atoms. The summed E-state index contributed by atoms with van der Waals surface area (Å²) in [5.74, 6) is 0.341. The number of nitrogens with zero attached hydrogens (tertiary/aromatic N) is 2. The average molecular weight is 455 g/mol. The smallest absolute Gasteiger partial charge is 0.246 e. The van der Waals surface area contributed by atoms with Crippen LogP contribution in [0.3, 0.4) is 0 Å². The molecule has 0 saturated carbocycles. The van der Waals surface area contributed by atoms with Crippen LogP contribution in [0.25, 0.3) is 10.9 Å². The third-order valence-electron chi connectivity index (χ3n) is 4.91. The summed E-state index contributed by atoms with van der Waals surface area (Å²) in [6, 6.07) is 9.71. The van der Waals surface area contributed by atoms with E-state index >= 15 is 0 Å². The third-order valence-corrected chi connectivity index (χ3v) is 7.67. The number of hydrogen-bond acceptors (Lipinski definition) is 3. The molecule has 1 aliphatic heterocycles. The maximum atomic E-state index is 12.9. The van der Waals surface area contributed by atoms with Gasteiger partial charge in [0.25, 0.3) is 0 Å². The number of aromatic amines is 1. The number of aromatic nitrogens is 2. The topological polar surface area (TPSA) is 66.1 Å². The van der Waals surface area contributed by atoms with Crippen LogP contribution in [-0.2, 0) is 10.0 Å². The number of piperidine rings is 1. The van der Waals surface area contributed by atoms with Crippen molar-refractivity contribution >= 4 is 48.5 Å². The zero-order chi connectivity index (χ0) is 18.3. The van der Waals surface area contributed by atoms with Crippen molar-refractivity contribution < 1.29 is 8.42 Å². The quantitative estimate of drug-likeness (QED) is 0.591. The molecule has 1 saturated heterocycles. The molecule has 0 bridgehead atoms. The summed E-state index contributed by atoms with van der Waals surface area (Å²) in [7, 11) is -3.65. The van der Waals surface area contributed by atoms with Crippen LogP contribution in [0.5, 0.6) is 0 Å². The molecule has 1 aromatic carbocycles. The second-order valence-electron chi connectivity index (χ2n) is 6.41. The molecule has 8 heteroatoms. The molecule has 0 unspecified atom stereocenters. The highest BCUT2D eigenvalue weighted by molar-refractivity contribution is 9.10. The van der Waals surface area contributed by atoms with Gasteiger partial charge in [0.1, 0.15) is 10.0 Å². The van der Waals surface area contributed by atoms with E-state index in [0.29, 0.717) is 23.5 Å². The largest absolute Gasteiger partial charge is 0.361 e. The summed E-state index contributed by atoms with van der Waals surface area (Å²) in [6.07, 6.45) is 5.10. The second kappa shape index (κ2) is 6.96. The molecular formula is C18H17BrClN3O2S. The lowest BCUT2D eigenvalue weighted by atomic mass is 9.90. The minimum absolute atomic E-state index is 0.00644. The molecule has 1 aliphatic rings. The van der Waals surface area contributed by atoms with Crippen molar-refractivity contribution in [3.8, 4) is 0 Å². The fraction of sp³-hybridized carbons (Fsp3) is 0.278. The molecule has 4 rings (SSSR count). The lowest BCUT2D eigenvalue weighted by molar-refractivity contribution is 0.320. The molecule has 0 atom stereocenters. The fourth-order valence-electron chi connectivity index (χ4n) is 3.56. The summed E-state index contributed by atoms with van der Waals surface area (Å²) in [6.45, 7) is 0.935. The summed E-state index contributed by atoms with van der Waals surface area (Å²) >= 11 is 9.30. The normalized spacial score (nSPS) is 17.0. The Bertz CT molecular complexity index is 1060. The predicted molar refractivity (Wildman–Crippen MR) is 106 cm³/mol. The van der Waals surface area contributed by atoms with Gasteiger partial charge in [-0.15, -0.1) is 0 Å². The van der Waals surface area contributed by atoms with Crippen LogP contribution in [0.1, 0.15) is 24.3 Å². The Kier molecular flexibility index (Phi) is 4.81. The van der Waals surface area contributed by atoms with E-state index in [0.717, 1.165) is 18.4 Å². The Hall–Kier alpha value is -1.41. The van der Waals surface area contributed by atoms with Crippen LogP contribution in [0.15, 0.2) is 52.1 Å². The molecule has 1 N–H and O–H groups in total. The van der Waals surface area contributed by atoms with Gasteiger partial charge in [-0.2, -0.15) is 4.31 Å². The van der Waals surface area contributed by atoms with E-state index in [9.17, 15) is 8.42 Å². The lowest BCUT2D eigenvalue weighted by Crippen LogP contribution is -2.38. The summed E-state index contributed by atoms with van der Waals surface area (Å²) < 4.78 is 28.0. The Morgan fingerprint density at radius 3 is 2.73 bits per heavy atom. The van der Waals surface area contributed by atoms with Crippen molar-refractivity contribution in [1.82, 2.24) is 14.3 Å². The van der Waals surface area contributed by atoms with E-state index in [1.165, 1.54) is 27.5 Å². The van der Waals surface area contributed by atoms with Crippen LogP contribution >= 0.6 is 27.5 Å². The van der Waals surface area contributed by atoms with E-state index < -0.39 is 10.0 Å². The summed E-state index contributed by atoms with van der Waals surface area (Å²) in [4.78, 5) is 7.30. The van der Waals surface area contributed by atoms with E-state index in [1.54, 1.807) is 0 Å². The number of hydrogen-bond donors (Lipinski definition) is 1. The number of benzene rings is 1. The number of sulfonamides is 1. The van der Waals surface area contributed by atoms with E-state index in [4.69, 9.17) is 11.6 Å². The summed E-state index contributed by atoms with van der Waals surface area (Å²) in [5, 5.41) is 1.22. The van der Waals surface area contributed by atoms with Crippen molar-refractivity contribution in [1.29, 1.82) is 0 Å². The van der Waals surface area contributed by atoms with Gasteiger partial charge in [-0.1, -0.05) is 29.8 Å². The molecule has 0 radical (unpaired) electrons. The standard InChI is InChI=1S/C18H17BrClN3O2S/c19-13-9-17(18(20)22-10-13)26(24,25)23-7-5-12(6-8-23)15-11-21-16-4-2-1-3-14(15)16/h1-4,9-12,21H,5-8H2. The SMILES string of the molecule is O=S(=O)(c1cc(Br)cnc1Cl)N1CCC(c2c[nH]c3ccccc23)CC1. The molecule has 26 heavy (non-hydrogen) atoms. The van der Waals surface area contributed by atoms with Gasteiger partial charge >= 0.3 is 0 Å². The van der Waals surface area contributed by atoms with E-state index in [1.807, 2.05) is 12.1 Å². The average Bonchev–Trinajstić information content (AvgIpc) is 3.08. The highest BCUT2D eigenvalue weighted by Crippen LogP contribution is 2.35. The molecule has 5 nitrogen and oxygen atoms in total. The molecule has 3 heterocycles. The van der Waals surface area contributed by atoms with Crippen LogP contribution in [-0.4, -0.2) is 35.8 Å². The second-order valence-corrected chi connectivity index (χ2v) is 9.59. The third kappa shape index (κ3) is 3.17. The highest BCUT2D eigenvalue weighted by atomic mass is 79.9. The maximum Gasteiger partial charge on any atom is 0.246 e. The van der Waals surface area contributed by atoms with Crippen molar-refractivity contribution in [2.75, 3.05) is 13.1 Å². The molecule has 0 aliphatic carbocycles. The van der Waals surface area contributed by atoms with Gasteiger partial charge in [0.15, 0.2) is 0 Å². The van der Waals surface area contributed by atoms with Crippen LogP contribution < -0.4 is 0 Å². The van der Waals surface area contributed by atoms with Gasteiger partial charge in [-0.3, -0.25) is 0 Å². The molecule has 3 aromatic rings. The monoisotopic (exact) mass is 453 g/mol. The first-order chi connectivity index (χ1) is 12.5. The van der Waals surface area contributed by atoms with Gasteiger partial charge < -0.3 is 4.98 Å². The number of para-hydroxylation sites is 1. The first-order valence-electron chi connectivity index (χ1n) is 8.34. The summed E-state index contributed by atoms with van der Waals surface area (Å²) in [5.41, 5.74) is 2.38. The Morgan fingerprint density at radius 1 is 1.23 bits per heavy atom. The van der Waals surface area contributed by atoms with Crippen molar-refractivity contribution in [3.63, 3.8) is 0 Å².